The van der Waals surface area contributed by atoms with Crippen molar-refractivity contribution in [2.24, 2.45) is 0 Å². The second-order valence-corrected chi connectivity index (χ2v) is 5.78. The molecule has 2 aromatic carbocycles. The van der Waals surface area contributed by atoms with Crippen LogP contribution in [0.15, 0.2) is 36.4 Å². The van der Waals surface area contributed by atoms with Gasteiger partial charge in [-0.3, -0.25) is 0 Å². The summed E-state index contributed by atoms with van der Waals surface area (Å²) < 4.78 is 27.3. The molecule has 102 valence electrons. The van der Waals surface area contributed by atoms with Crippen molar-refractivity contribution in [2.45, 2.75) is 13.5 Å². The average molecular weight is 290 g/mol. The first-order chi connectivity index (χ1) is 9.60. The zero-order chi connectivity index (χ0) is 14.1. The van der Waals surface area contributed by atoms with Crippen molar-refractivity contribution < 1.29 is 8.78 Å². The van der Waals surface area contributed by atoms with E-state index in [1.165, 1.54) is 12.1 Å². The van der Waals surface area contributed by atoms with Crippen LogP contribution in [0.1, 0.15) is 10.6 Å². The second-order valence-electron chi connectivity index (χ2n) is 4.55. The van der Waals surface area contributed by atoms with Crippen LogP contribution in [-0.4, -0.2) is 4.98 Å². The van der Waals surface area contributed by atoms with E-state index in [1.54, 1.807) is 11.3 Å². The third kappa shape index (κ3) is 2.77. The van der Waals surface area contributed by atoms with Gasteiger partial charge in [0.15, 0.2) is 0 Å². The van der Waals surface area contributed by atoms with E-state index in [-0.39, 0.29) is 0 Å². The maximum absolute atomic E-state index is 13.1. The summed E-state index contributed by atoms with van der Waals surface area (Å²) in [5.74, 6) is -1.12. The van der Waals surface area contributed by atoms with Gasteiger partial charge in [0.2, 0.25) is 0 Å². The molecule has 0 fully saturated rings. The van der Waals surface area contributed by atoms with E-state index in [2.05, 4.69) is 10.3 Å². The van der Waals surface area contributed by atoms with Gasteiger partial charge in [-0.15, -0.1) is 11.3 Å². The predicted octanol–water partition coefficient (Wildman–Crippen LogP) is 4.50. The molecule has 0 spiro atoms. The number of anilines is 1. The van der Waals surface area contributed by atoms with Crippen molar-refractivity contribution in [3.8, 4) is 0 Å². The summed E-state index contributed by atoms with van der Waals surface area (Å²) in [6.07, 6.45) is 0. The third-order valence-electron chi connectivity index (χ3n) is 2.91. The minimum Gasteiger partial charge on any atom is -0.381 e. The predicted molar refractivity (Wildman–Crippen MR) is 78.0 cm³/mol. The van der Waals surface area contributed by atoms with Crippen LogP contribution in [0, 0.1) is 18.6 Å². The van der Waals surface area contributed by atoms with Gasteiger partial charge >= 0.3 is 0 Å². The number of hydrogen-bond donors (Lipinski definition) is 1. The molecule has 20 heavy (non-hydrogen) atoms. The number of nitrogens with one attached hydrogen (secondary N) is 1. The summed E-state index contributed by atoms with van der Waals surface area (Å²) in [5, 5.41) is 4.18. The SMILES string of the molecule is Cc1nc2ccc(NCc3cc(F)cc(F)c3)cc2s1. The van der Waals surface area contributed by atoms with Crippen molar-refractivity contribution in [1.82, 2.24) is 4.98 Å². The first-order valence-electron chi connectivity index (χ1n) is 6.16. The Labute approximate surface area is 119 Å². The van der Waals surface area contributed by atoms with E-state index in [0.717, 1.165) is 27.0 Å². The molecule has 0 amide bonds. The standard InChI is InChI=1S/C15H12F2N2S/c1-9-19-14-3-2-13(7-15(14)20-9)18-8-10-4-11(16)6-12(17)5-10/h2-7,18H,8H2,1H3. The molecule has 5 heteroatoms. The van der Waals surface area contributed by atoms with Gasteiger partial charge in [0.25, 0.3) is 0 Å². The average Bonchev–Trinajstić information content (AvgIpc) is 2.74. The number of hydrogen-bond acceptors (Lipinski definition) is 3. The fraction of sp³-hybridized carbons (Fsp3) is 0.133. The largest absolute Gasteiger partial charge is 0.381 e. The molecule has 3 aromatic rings. The van der Waals surface area contributed by atoms with E-state index >= 15 is 0 Å². The van der Waals surface area contributed by atoms with Crippen LogP contribution in [0.5, 0.6) is 0 Å². The molecular weight excluding hydrogens is 278 g/mol. The highest BCUT2D eigenvalue weighted by atomic mass is 32.1. The Balaban J connectivity index is 1.79. The van der Waals surface area contributed by atoms with Gasteiger partial charge in [-0.05, 0) is 42.8 Å². The lowest BCUT2D eigenvalue weighted by Gasteiger charge is -2.07. The molecule has 0 aliphatic carbocycles. The van der Waals surface area contributed by atoms with Crippen LogP contribution >= 0.6 is 11.3 Å². The number of benzene rings is 2. The van der Waals surface area contributed by atoms with Crippen molar-refractivity contribution in [3.63, 3.8) is 0 Å². The topological polar surface area (TPSA) is 24.9 Å². The van der Waals surface area contributed by atoms with Gasteiger partial charge in [0.1, 0.15) is 11.6 Å². The van der Waals surface area contributed by atoms with Crippen LogP contribution in [-0.2, 0) is 6.54 Å². The number of thiazole rings is 1. The first kappa shape index (κ1) is 13.0. The Hall–Kier alpha value is -2.01. The lowest BCUT2D eigenvalue weighted by atomic mass is 10.2. The maximum Gasteiger partial charge on any atom is 0.126 e. The molecule has 0 saturated heterocycles. The van der Waals surface area contributed by atoms with Gasteiger partial charge in [-0.25, -0.2) is 13.8 Å². The normalized spacial score (nSPS) is 10.9. The molecule has 3 rings (SSSR count). The highest BCUT2D eigenvalue weighted by Gasteiger charge is 2.03. The molecule has 0 aliphatic heterocycles. The van der Waals surface area contributed by atoms with Crippen molar-refractivity contribution in [2.75, 3.05) is 5.32 Å². The minimum absolute atomic E-state index is 0.373. The van der Waals surface area contributed by atoms with Crippen LogP contribution in [0.25, 0.3) is 10.2 Å². The lowest BCUT2D eigenvalue weighted by molar-refractivity contribution is 0.580. The second kappa shape index (κ2) is 5.17. The van der Waals surface area contributed by atoms with Gasteiger partial charge in [-0.2, -0.15) is 0 Å². The number of rotatable bonds is 3. The summed E-state index contributed by atoms with van der Waals surface area (Å²) in [7, 11) is 0. The molecule has 0 bridgehead atoms. The molecular formula is C15H12F2N2S. The minimum atomic E-state index is -0.560. The van der Waals surface area contributed by atoms with E-state index in [4.69, 9.17) is 0 Å². The fourth-order valence-electron chi connectivity index (χ4n) is 2.07. The van der Waals surface area contributed by atoms with E-state index < -0.39 is 11.6 Å². The molecule has 0 unspecified atom stereocenters. The van der Waals surface area contributed by atoms with Crippen molar-refractivity contribution >= 4 is 27.2 Å². The summed E-state index contributed by atoms with van der Waals surface area (Å²) in [6, 6.07) is 9.37. The Morgan fingerprint density at radius 1 is 1.10 bits per heavy atom. The highest BCUT2D eigenvalue weighted by Crippen LogP contribution is 2.25. The van der Waals surface area contributed by atoms with Gasteiger partial charge in [0.05, 0.1) is 15.2 Å². The van der Waals surface area contributed by atoms with Crippen LogP contribution in [0.4, 0.5) is 14.5 Å². The van der Waals surface area contributed by atoms with Crippen LogP contribution in [0.2, 0.25) is 0 Å². The summed E-state index contributed by atoms with van der Waals surface area (Å²) >= 11 is 1.62. The lowest BCUT2D eigenvalue weighted by Crippen LogP contribution is -2.00. The zero-order valence-electron chi connectivity index (χ0n) is 10.8. The number of halogens is 2. The quantitative estimate of drug-likeness (QED) is 0.768. The molecule has 1 N–H and O–H groups in total. The van der Waals surface area contributed by atoms with E-state index in [1.807, 2.05) is 25.1 Å². The molecule has 1 aromatic heterocycles. The molecule has 2 nitrogen and oxygen atoms in total. The Morgan fingerprint density at radius 3 is 2.60 bits per heavy atom. The number of aromatic nitrogens is 1. The summed E-state index contributed by atoms with van der Waals surface area (Å²) in [4.78, 5) is 4.39. The Kier molecular flexibility index (Phi) is 3.36. The molecule has 1 heterocycles. The molecule has 0 atom stereocenters. The zero-order valence-corrected chi connectivity index (χ0v) is 11.6. The fourth-order valence-corrected chi connectivity index (χ4v) is 2.93. The Morgan fingerprint density at radius 2 is 1.85 bits per heavy atom. The van der Waals surface area contributed by atoms with Crippen LogP contribution < -0.4 is 5.32 Å². The number of nitrogens with zero attached hydrogens (tertiary/aromatic N) is 1. The van der Waals surface area contributed by atoms with E-state index in [0.29, 0.717) is 12.1 Å². The third-order valence-corrected chi connectivity index (χ3v) is 3.85. The molecule has 0 radical (unpaired) electrons. The first-order valence-corrected chi connectivity index (χ1v) is 6.98. The maximum atomic E-state index is 13.1. The Bertz CT molecular complexity index is 747. The summed E-state index contributed by atoms with van der Waals surface area (Å²) in [5.41, 5.74) is 2.45. The molecule has 0 aliphatic rings. The van der Waals surface area contributed by atoms with Gasteiger partial charge in [-0.1, -0.05) is 0 Å². The number of aryl methyl sites for hydroxylation is 1. The van der Waals surface area contributed by atoms with E-state index in [9.17, 15) is 8.78 Å². The monoisotopic (exact) mass is 290 g/mol. The van der Waals surface area contributed by atoms with Crippen molar-refractivity contribution in [1.29, 1.82) is 0 Å². The number of fused-ring (bicyclic) bond motifs is 1. The summed E-state index contributed by atoms with van der Waals surface area (Å²) in [6.45, 7) is 2.34. The molecule has 0 saturated carbocycles. The smallest absolute Gasteiger partial charge is 0.126 e. The van der Waals surface area contributed by atoms with Gasteiger partial charge < -0.3 is 5.32 Å². The highest BCUT2D eigenvalue weighted by molar-refractivity contribution is 7.18. The van der Waals surface area contributed by atoms with Crippen LogP contribution in [0.3, 0.4) is 0 Å². The van der Waals surface area contributed by atoms with Gasteiger partial charge in [0, 0.05) is 18.3 Å². The van der Waals surface area contributed by atoms with Crippen molar-refractivity contribution in [3.05, 3.63) is 58.6 Å².